The van der Waals surface area contributed by atoms with Crippen LogP contribution in [0.5, 0.6) is 0 Å². The molecule has 6 nitrogen and oxygen atoms in total. The molecule has 0 aromatic heterocycles. The quantitative estimate of drug-likeness (QED) is 0.0261. The maximum absolute atomic E-state index is 13.0. The fourth-order valence-electron chi connectivity index (χ4n) is 9.88. The summed E-state index contributed by atoms with van der Waals surface area (Å²) in [5.41, 5.74) is 0. The third-order valence-electron chi connectivity index (χ3n) is 15.0. The van der Waals surface area contributed by atoms with Gasteiger partial charge in [-0.1, -0.05) is 323 Å². The van der Waals surface area contributed by atoms with Crippen molar-refractivity contribution < 1.29 is 28.6 Å². The third-order valence-corrected chi connectivity index (χ3v) is 15.0. The van der Waals surface area contributed by atoms with Gasteiger partial charge in [-0.05, 0) is 103 Å². The molecule has 0 saturated heterocycles. The summed E-state index contributed by atoms with van der Waals surface area (Å²) in [6.45, 7) is 6.44. The number of carbonyl (C=O) groups excluding carboxylic acids is 3. The Labute approximate surface area is 508 Å². The Kier molecular flexibility index (Phi) is 66.2. The van der Waals surface area contributed by atoms with Crippen molar-refractivity contribution in [3.8, 4) is 0 Å². The lowest BCUT2D eigenvalue weighted by atomic mass is 10.0. The Morgan fingerprint density at radius 3 is 0.744 bits per heavy atom. The fourth-order valence-corrected chi connectivity index (χ4v) is 9.88. The third kappa shape index (κ3) is 66.9. The minimum Gasteiger partial charge on any atom is -0.462 e. The molecule has 82 heavy (non-hydrogen) atoms. The molecule has 0 saturated carbocycles. The summed E-state index contributed by atoms with van der Waals surface area (Å²) in [4.78, 5) is 38.4. The van der Waals surface area contributed by atoms with Crippen LogP contribution < -0.4 is 0 Å². The average Bonchev–Trinajstić information content (AvgIpc) is 3.47. The highest BCUT2D eigenvalue weighted by atomic mass is 16.6. The van der Waals surface area contributed by atoms with E-state index in [1.165, 1.54) is 161 Å². The molecule has 0 aliphatic heterocycles. The Morgan fingerprint density at radius 1 is 0.256 bits per heavy atom. The van der Waals surface area contributed by atoms with E-state index in [-0.39, 0.29) is 31.1 Å². The molecule has 470 valence electrons. The highest BCUT2D eigenvalue weighted by molar-refractivity contribution is 5.71. The molecule has 6 heteroatoms. The summed E-state index contributed by atoms with van der Waals surface area (Å²) in [5.74, 6) is -0.890. The average molecular weight is 1140 g/mol. The predicted octanol–water partition coefficient (Wildman–Crippen LogP) is 24.2. The van der Waals surface area contributed by atoms with Crippen LogP contribution in [-0.4, -0.2) is 37.2 Å². The maximum Gasteiger partial charge on any atom is 0.306 e. The molecule has 0 aromatic rings. The number of rotatable bonds is 63. The Balaban J connectivity index is 4.32. The molecule has 0 aromatic carbocycles. The molecule has 0 amide bonds. The number of hydrogen-bond acceptors (Lipinski definition) is 6. The first-order valence-corrected chi connectivity index (χ1v) is 34.9. The summed E-state index contributed by atoms with van der Waals surface area (Å²) >= 11 is 0. The lowest BCUT2D eigenvalue weighted by Crippen LogP contribution is -2.30. The van der Waals surface area contributed by atoms with Gasteiger partial charge in [0.1, 0.15) is 13.2 Å². The van der Waals surface area contributed by atoms with Gasteiger partial charge < -0.3 is 14.2 Å². The summed E-state index contributed by atoms with van der Waals surface area (Å²) in [6.07, 6.45) is 95.4. The van der Waals surface area contributed by atoms with Crippen LogP contribution in [0, 0.1) is 0 Å². The molecule has 1 atom stereocenters. The minimum absolute atomic E-state index is 0.0838. The van der Waals surface area contributed by atoms with Gasteiger partial charge in [0.15, 0.2) is 6.10 Å². The van der Waals surface area contributed by atoms with Gasteiger partial charge in [0.25, 0.3) is 0 Å². The van der Waals surface area contributed by atoms with Crippen molar-refractivity contribution >= 4 is 17.9 Å². The lowest BCUT2D eigenvalue weighted by molar-refractivity contribution is -0.167. The smallest absolute Gasteiger partial charge is 0.306 e. The van der Waals surface area contributed by atoms with Crippen molar-refractivity contribution in [1.82, 2.24) is 0 Å². The standard InChI is InChI=1S/C76H130O6/c1-4-7-10-13-16-19-22-25-28-30-32-34-35-36-37-38-39-40-41-42-44-45-48-51-54-57-60-63-66-69-75(78)81-72-73(71-80-74(77)68-65-62-59-56-53-50-47-27-24-21-18-15-12-9-6-3)82-76(79)70-67-64-61-58-55-52-49-46-43-33-31-29-26-23-20-17-14-11-8-5-2/h7,9-10,12,16,18-19,21,25,27-28,32,34,36-37,39-40,47,73H,4-6,8,11,13-15,17,20,22-24,26,29-31,33,35,38,41-46,48-72H2,1-3H3/b10-7-,12-9-,19-16-,21-18-,28-25-,34-32-,37-36-,40-39-,47-27-. The molecule has 0 aliphatic carbocycles. The maximum atomic E-state index is 13.0. The number of ether oxygens (including phenoxy) is 3. The normalized spacial score (nSPS) is 12.8. The van der Waals surface area contributed by atoms with Gasteiger partial charge in [-0.3, -0.25) is 14.4 Å². The second-order valence-corrected chi connectivity index (χ2v) is 23.0. The van der Waals surface area contributed by atoms with Crippen LogP contribution in [0.15, 0.2) is 109 Å². The second-order valence-electron chi connectivity index (χ2n) is 23.0. The molecule has 0 spiro atoms. The van der Waals surface area contributed by atoms with Crippen molar-refractivity contribution in [1.29, 1.82) is 0 Å². The molecular formula is C76H130O6. The van der Waals surface area contributed by atoms with Gasteiger partial charge in [0.05, 0.1) is 0 Å². The first kappa shape index (κ1) is 78.1. The van der Waals surface area contributed by atoms with E-state index in [1.54, 1.807) is 0 Å². The summed E-state index contributed by atoms with van der Waals surface area (Å²) < 4.78 is 17.0. The molecule has 0 fully saturated rings. The number of unbranched alkanes of at least 4 members (excludes halogenated alkanes) is 34. The van der Waals surface area contributed by atoms with E-state index in [4.69, 9.17) is 14.2 Å². The predicted molar refractivity (Wildman–Crippen MR) is 357 cm³/mol. The zero-order valence-corrected chi connectivity index (χ0v) is 54.0. The van der Waals surface area contributed by atoms with Crippen molar-refractivity contribution in [2.45, 2.75) is 341 Å². The zero-order valence-electron chi connectivity index (χ0n) is 54.0. The largest absolute Gasteiger partial charge is 0.462 e. The minimum atomic E-state index is -0.788. The molecule has 0 N–H and O–H groups in total. The van der Waals surface area contributed by atoms with Crippen molar-refractivity contribution in [2.24, 2.45) is 0 Å². The Hall–Kier alpha value is -3.93. The summed E-state index contributed by atoms with van der Waals surface area (Å²) in [5, 5.41) is 0. The van der Waals surface area contributed by atoms with E-state index in [0.29, 0.717) is 19.3 Å². The van der Waals surface area contributed by atoms with E-state index >= 15 is 0 Å². The molecule has 0 rings (SSSR count). The van der Waals surface area contributed by atoms with E-state index in [2.05, 4.69) is 130 Å². The highest BCUT2D eigenvalue weighted by Crippen LogP contribution is 2.17. The van der Waals surface area contributed by atoms with Crippen LogP contribution in [0.3, 0.4) is 0 Å². The monoisotopic (exact) mass is 1140 g/mol. The van der Waals surface area contributed by atoms with Gasteiger partial charge in [-0.25, -0.2) is 0 Å². The molecule has 0 bridgehead atoms. The van der Waals surface area contributed by atoms with Crippen LogP contribution >= 0.6 is 0 Å². The van der Waals surface area contributed by atoms with E-state index < -0.39 is 6.10 Å². The number of hydrogen-bond donors (Lipinski definition) is 0. The molecule has 0 aliphatic rings. The molecule has 0 radical (unpaired) electrons. The first-order valence-electron chi connectivity index (χ1n) is 34.9. The summed E-state index contributed by atoms with van der Waals surface area (Å²) in [6, 6.07) is 0. The second kappa shape index (κ2) is 69.6. The highest BCUT2D eigenvalue weighted by Gasteiger charge is 2.19. The number of allylic oxidation sites excluding steroid dienone is 18. The lowest BCUT2D eigenvalue weighted by Gasteiger charge is -2.18. The topological polar surface area (TPSA) is 78.9 Å². The fraction of sp³-hybridized carbons (Fsp3) is 0.724. The van der Waals surface area contributed by atoms with Gasteiger partial charge in [0.2, 0.25) is 0 Å². The number of carbonyl (C=O) groups is 3. The van der Waals surface area contributed by atoms with Gasteiger partial charge >= 0.3 is 17.9 Å². The van der Waals surface area contributed by atoms with Crippen molar-refractivity contribution in [3.63, 3.8) is 0 Å². The van der Waals surface area contributed by atoms with Gasteiger partial charge in [-0.15, -0.1) is 0 Å². The van der Waals surface area contributed by atoms with Crippen LogP contribution in [0.4, 0.5) is 0 Å². The SMILES string of the molecule is CC/C=C\C/C=C\C/C=C\C/C=C\C/C=C\C/C=C\CCCCCCCCCCCCC(=O)OCC(COC(=O)CCCCCCC/C=C\C/C=C\C/C=C\CC)OC(=O)CCCCCCCCCCCCCCCCCCCCCC. The Morgan fingerprint density at radius 2 is 0.476 bits per heavy atom. The van der Waals surface area contributed by atoms with Crippen LogP contribution in [0.2, 0.25) is 0 Å². The van der Waals surface area contributed by atoms with E-state index in [9.17, 15) is 14.4 Å². The van der Waals surface area contributed by atoms with Crippen LogP contribution in [-0.2, 0) is 28.6 Å². The first-order chi connectivity index (χ1) is 40.5. The molecule has 1 unspecified atom stereocenters. The van der Waals surface area contributed by atoms with E-state index in [1.807, 2.05) is 0 Å². The van der Waals surface area contributed by atoms with Crippen LogP contribution in [0.1, 0.15) is 335 Å². The molecular weight excluding hydrogens is 1010 g/mol. The zero-order chi connectivity index (χ0) is 59.2. The molecule has 0 heterocycles. The number of esters is 3. The Bertz CT molecular complexity index is 1640. The van der Waals surface area contributed by atoms with Crippen molar-refractivity contribution in [2.75, 3.05) is 13.2 Å². The van der Waals surface area contributed by atoms with Crippen molar-refractivity contribution in [3.05, 3.63) is 109 Å². The van der Waals surface area contributed by atoms with Gasteiger partial charge in [0, 0.05) is 19.3 Å². The summed E-state index contributed by atoms with van der Waals surface area (Å²) in [7, 11) is 0. The van der Waals surface area contributed by atoms with Gasteiger partial charge in [-0.2, -0.15) is 0 Å². The van der Waals surface area contributed by atoms with Crippen LogP contribution in [0.25, 0.3) is 0 Å². The van der Waals surface area contributed by atoms with E-state index in [0.717, 1.165) is 135 Å².